The monoisotopic (exact) mass is 486 g/mol. The molecule has 0 radical (unpaired) electrons. The third kappa shape index (κ3) is 4.42. The number of benzene rings is 3. The van der Waals surface area contributed by atoms with E-state index in [1.54, 1.807) is 5.06 Å². The Morgan fingerprint density at radius 3 is 2.25 bits per heavy atom. The Hall–Kier alpha value is -3.84. The molecule has 2 aliphatic heterocycles. The number of likely N-dealkylation sites (tertiary alicyclic amines) is 1. The van der Waals surface area contributed by atoms with Gasteiger partial charge < -0.3 is 9.47 Å². The van der Waals surface area contributed by atoms with Crippen LogP contribution in [0, 0.1) is 5.92 Å². The van der Waals surface area contributed by atoms with Gasteiger partial charge >= 0.3 is 0 Å². The number of rotatable bonds is 9. The number of ether oxygens (including phenoxy) is 2. The van der Waals surface area contributed by atoms with Crippen molar-refractivity contribution >= 4 is 17.5 Å². The van der Waals surface area contributed by atoms with Gasteiger partial charge in [0.2, 0.25) is 5.91 Å². The van der Waals surface area contributed by atoms with E-state index in [4.69, 9.17) is 14.3 Å². The fraction of sp³-hybridized carbons (Fsp3) is 0.310. The largest absolute Gasteiger partial charge is 0.490 e. The molecule has 0 spiro atoms. The second kappa shape index (κ2) is 10.4. The predicted octanol–water partition coefficient (Wildman–Crippen LogP) is 4.92. The lowest BCUT2D eigenvalue weighted by atomic mass is 9.90. The van der Waals surface area contributed by atoms with Crippen LogP contribution in [0.2, 0.25) is 0 Å². The molecule has 7 heteroatoms. The molecule has 2 saturated heterocycles. The van der Waals surface area contributed by atoms with Crippen molar-refractivity contribution in [1.29, 1.82) is 0 Å². The van der Waals surface area contributed by atoms with Crippen molar-refractivity contribution in [2.24, 2.45) is 5.92 Å². The number of anilines is 1. The number of hydrogen-bond acceptors (Lipinski definition) is 6. The standard InChI is InChI=1S/C29H30N2O5/c1-3-17-35-23-16-15-21(18-24(23)34-4-2)26-25-27(36-31(26)22-13-9-6-10-14-22)29(33)30(28(25)32)19-20-11-7-5-8-12-20/h5-16,18,25-27H,3-4,17,19H2,1-2H3/t25-,26+,27-/m0/s1. The first kappa shape index (κ1) is 23.9. The van der Waals surface area contributed by atoms with Crippen LogP contribution in [-0.4, -0.2) is 36.0 Å². The van der Waals surface area contributed by atoms with Crippen molar-refractivity contribution in [3.05, 3.63) is 90.0 Å². The second-order valence-electron chi connectivity index (χ2n) is 8.89. The lowest BCUT2D eigenvalue weighted by Gasteiger charge is -2.29. The zero-order valence-electron chi connectivity index (χ0n) is 20.5. The van der Waals surface area contributed by atoms with Gasteiger partial charge in [0.25, 0.3) is 5.91 Å². The van der Waals surface area contributed by atoms with Gasteiger partial charge in [-0.3, -0.25) is 19.3 Å². The van der Waals surface area contributed by atoms with E-state index >= 15 is 0 Å². The van der Waals surface area contributed by atoms with Gasteiger partial charge in [-0.05, 0) is 48.7 Å². The highest BCUT2D eigenvalue weighted by molar-refractivity contribution is 6.07. The van der Waals surface area contributed by atoms with Crippen LogP contribution in [0.15, 0.2) is 78.9 Å². The first-order chi connectivity index (χ1) is 17.6. The van der Waals surface area contributed by atoms with Crippen molar-refractivity contribution in [3.8, 4) is 11.5 Å². The molecule has 0 aliphatic carbocycles. The highest BCUT2D eigenvalue weighted by atomic mass is 16.7. The fourth-order valence-corrected chi connectivity index (χ4v) is 4.84. The summed E-state index contributed by atoms with van der Waals surface area (Å²) in [6, 6.07) is 24.3. The molecule has 3 aromatic carbocycles. The van der Waals surface area contributed by atoms with Gasteiger partial charge in [-0.15, -0.1) is 0 Å². The summed E-state index contributed by atoms with van der Waals surface area (Å²) in [5, 5.41) is 1.70. The van der Waals surface area contributed by atoms with E-state index in [0.717, 1.165) is 23.2 Å². The van der Waals surface area contributed by atoms with Gasteiger partial charge in [-0.25, -0.2) is 5.06 Å². The Morgan fingerprint density at radius 1 is 0.833 bits per heavy atom. The summed E-state index contributed by atoms with van der Waals surface area (Å²) in [6.45, 7) is 5.24. The molecule has 0 bridgehead atoms. The Balaban J connectivity index is 1.53. The van der Waals surface area contributed by atoms with Crippen LogP contribution in [0.25, 0.3) is 0 Å². The molecule has 3 atom stereocenters. The van der Waals surface area contributed by atoms with E-state index < -0.39 is 18.1 Å². The predicted molar refractivity (Wildman–Crippen MR) is 135 cm³/mol. The molecule has 0 unspecified atom stereocenters. The molecule has 2 fully saturated rings. The Bertz CT molecular complexity index is 1220. The topological polar surface area (TPSA) is 68.3 Å². The highest BCUT2D eigenvalue weighted by Crippen LogP contribution is 2.48. The van der Waals surface area contributed by atoms with Crippen molar-refractivity contribution < 1.29 is 23.9 Å². The minimum Gasteiger partial charge on any atom is -0.490 e. The van der Waals surface area contributed by atoms with Gasteiger partial charge in [-0.1, -0.05) is 61.5 Å². The number of amides is 2. The van der Waals surface area contributed by atoms with Crippen LogP contribution < -0.4 is 14.5 Å². The van der Waals surface area contributed by atoms with Crippen molar-refractivity contribution in [1.82, 2.24) is 4.90 Å². The van der Waals surface area contributed by atoms with Gasteiger partial charge in [0.15, 0.2) is 17.6 Å². The smallest absolute Gasteiger partial charge is 0.262 e. The van der Waals surface area contributed by atoms with E-state index in [1.807, 2.05) is 92.7 Å². The first-order valence-electron chi connectivity index (χ1n) is 12.4. The first-order valence-corrected chi connectivity index (χ1v) is 12.4. The van der Waals surface area contributed by atoms with E-state index in [9.17, 15) is 9.59 Å². The number of hydroxylamine groups is 1. The average molecular weight is 487 g/mol. The van der Waals surface area contributed by atoms with Gasteiger partial charge in [0.1, 0.15) is 5.92 Å². The lowest BCUT2D eigenvalue weighted by molar-refractivity contribution is -0.143. The summed E-state index contributed by atoms with van der Waals surface area (Å²) >= 11 is 0. The van der Waals surface area contributed by atoms with Gasteiger partial charge in [-0.2, -0.15) is 0 Å². The molecule has 2 heterocycles. The number of imide groups is 1. The molecule has 36 heavy (non-hydrogen) atoms. The molecule has 5 rings (SSSR count). The third-order valence-corrected chi connectivity index (χ3v) is 6.47. The van der Waals surface area contributed by atoms with Gasteiger partial charge in [0.05, 0.1) is 31.5 Å². The summed E-state index contributed by atoms with van der Waals surface area (Å²) in [7, 11) is 0. The minimum absolute atomic E-state index is 0.223. The average Bonchev–Trinajstić information content (AvgIpc) is 3.41. The number of carbonyl (C=O) groups excluding carboxylic acids is 2. The number of carbonyl (C=O) groups is 2. The van der Waals surface area contributed by atoms with Crippen LogP contribution in [0.4, 0.5) is 5.69 Å². The molecule has 2 amide bonds. The summed E-state index contributed by atoms with van der Waals surface area (Å²) in [6.07, 6.45) is -0.0126. The number of fused-ring (bicyclic) bond motifs is 1. The molecular formula is C29H30N2O5. The number of nitrogens with zero attached hydrogens (tertiary/aromatic N) is 2. The molecule has 7 nitrogen and oxygen atoms in total. The maximum atomic E-state index is 13.7. The van der Waals surface area contributed by atoms with Crippen LogP contribution in [0.1, 0.15) is 37.4 Å². The second-order valence-corrected chi connectivity index (χ2v) is 8.89. The van der Waals surface area contributed by atoms with Gasteiger partial charge in [0, 0.05) is 0 Å². The molecule has 0 N–H and O–H groups in total. The molecule has 0 aromatic heterocycles. The summed E-state index contributed by atoms with van der Waals surface area (Å²) in [5.41, 5.74) is 2.49. The van der Waals surface area contributed by atoms with Crippen molar-refractivity contribution in [2.75, 3.05) is 18.3 Å². The summed E-state index contributed by atoms with van der Waals surface area (Å²) < 4.78 is 11.8. The van der Waals surface area contributed by atoms with Crippen LogP contribution in [0.3, 0.4) is 0 Å². The fourth-order valence-electron chi connectivity index (χ4n) is 4.84. The Labute approximate surface area is 211 Å². The van der Waals surface area contributed by atoms with E-state index in [0.29, 0.717) is 24.7 Å². The lowest BCUT2D eigenvalue weighted by Crippen LogP contribution is -2.36. The maximum Gasteiger partial charge on any atom is 0.262 e. The zero-order valence-corrected chi connectivity index (χ0v) is 20.5. The summed E-state index contributed by atoms with van der Waals surface area (Å²) in [4.78, 5) is 34.7. The van der Waals surface area contributed by atoms with E-state index in [2.05, 4.69) is 0 Å². The quantitative estimate of drug-likeness (QED) is 0.400. The molecular weight excluding hydrogens is 456 g/mol. The molecule has 3 aromatic rings. The molecule has 186 valence electrons. The van der Waals surface area contributed by atoms with E-state index in [-0.39, 0.29) is 18.4 Å². The number of hydrogen-bond donors (Lipinski definition) is 0. The zero-order chi connectivity index (χ0) is 25.1. The number of para-hydroxylation sites is 1. The molecule has 2 aliphatic rings. The third-order valence-electron chi connectivity index (χ3n) is 6.47. The normalized spacial score (nSPS) is 21.1. The van der Waals surface area contributed by atoms with Crippen molar-refractivity contribution in [3.63, 3.8) is 0 Å². The Kier molecular flexibility index (Phi) is 6.91. The maximum absolute atomic E-state index is 13.7. The van der Waals surface area contributed by atoms with E-state index in [1.165, 1.54) is 4.90 Å². The molecule has 0 saturated carbocycles. The minimum atomic E-state index is -0.891. The SMILES string of the molecule is CCCOc1ccc([C@@H]2[C@@H]3C(=O)N(Cc4ccccc4)C(=O)[C@H]3ON2c2ccccc2)cc1OCC. The van der Waals surface area contributed by atoms with Crippen molar-refractivity contribution in [2.45, 2.75) is 39.0 Å². The van der Waals surface area contributed by atoms with Crippen LogP contribution >= 0.6 is 0 Å². The highest BCUT2D eigenvalue weighted by Gasteiger charge is 2.59. The van der Waals surface area contributed by atoms with Crippen LogP contribution in [-0.2, 0) is 21.0 Å². The van der Waals surface area contributed by atoms with Crippen LogP contribution in [0.5, 0.6) is 11.5 Å². The summed E-state index contributed by atoms with van der Waals surface area (Å²) in [5.74, 6) is 0.0339. The Morgan fingerprint density at radius 2 is 1.56 bits per heavy atom.